The lowest BCUT2D eigenvalue weighted by Crippen LogP contribution is -1.96. The summed E-state index contributed by atoms with van der Waals surface area (Å²) in [6.45, 7) is 2.56. The zero-order valence-electron chi connectivity index (χ0n) is 6.78. The summed E-state index contributed by atoms with van der Waals surface area (Å²) < 4.78 is 24.2. The third kappa shape index (κ3) is 1.87. The predicted molar refractivity (Wildman–Crippen MR) is 48.7 cm³/mol. The van der Waals surface area contributed by atoms with E-state index in [1.807, 2.05) is 6.92 Å². The molecule has 0 spiro atoms. The Hall–Kier alpha value is -0.360. The van der Waals surface area contributed by atoms with Gasteiger partial charge in [0.1, 0.15) is 9.50 Å². The maximum atomic E-state index is 11.1. The van der Waals surface area contributed by atoms with Crippen molar-refractivity contribution in [3.8, 4) is 0 Å². The van der Waals surface area contributed by atoms with Crippen molar-refractivity contribution in [2.24, 2.45) is 0 Å². The normalized spacial score (nSPS) is 11.9. The summed E-state index contributed by atoms with van der Waals surface area (Å²) in [6, 6.07) is 0. The number of halogens is 1. The number of aryl methyl sites for hydroxylation is 1. The molecule has 0 bridgehead atoms. The summed E-state index contributed by atoms with van der Waals surface area (Å²) in [5.41, 5.74) is 0. The fourth-order valence-electron chi connectivity index (χ4n) is 0.790. The van der Waals surface area contributed by atoms with Gasteiger partial charge in [0.05, 0.1) is 0 Å². The van der Waals surface area contributed by atoms with E-state index in [4.69, 9.17) is 0 Å². The van der Waals surface area contributed by atoms with Gasteiger partial charge in [0, 0.05) is 19.0 Å². The molecule has 0 aliphatic carbocycles. The molecule has 0 aromatic carbocycles. The minimum absolute atomic E-state index is 0.240. The standard InChI is InChI=1S/C6H9BrN2O2S/c1-3-9-4-5(6(7)8-9)12(2,10)11/h4H,3H2,1-2H3. The topological polar surface area (TPSA) is 52.0 Å². The van der Waals surface area contributed by atoms with Crippen molar-refractivity contribution in [3.63, 3.8) is 0 Å². The van der Waals surface area contributed by atoms with Gasteiger partial charge in [-0.2, -0.15) is 5.10 Å². The molecule has 1 aromatic rings. The first-order valence-corrected chi connectivity index (χ1v) is 6.06. The van der Waals surface area contributed by atoms with Gasteiger partial charge in [0.25, 0.3) is 0 Å². The highest BCUT2D eigenvalue weighted by molar-refractivity contribution is 9.10. The highest BCUT2D eigenvalue weighted by atomic mass is 79.9. The fourth-order valence-corrected chi connectivity index (χ4v) is 2.64. The first-order valence-electron chi connectivity index (χ1n) is 3.38. The molecular weight excluding hydrogens is 244 g/mol. The van der Waals surface area contributed by atoms with Crippen molar-refractivity contribution >= 4 is 25.8 Å². The second-order valence-corrected chi connectivity index (χ2v) is 5.15. The Labute approximate surface area is 79.6 Å². The van der Waals surface area contributed by atoms with Crippen LogP contribution in [0.3, 0.4) is 0 Å². The Balaban J connectivity index is 3.27. The molecule has 0 saturated heterocycles. The molecule has 0 unspecified atom stereocenters. The minimum atomic E-state index is -3.15. The van der Waals surface area contributed by atoms with Crippen LogP contribution in [0.15, 0.2) is 15.7 Å². The van der Waals surface area contributed by atoms with Gasteiger partial charge in [0.2, 0.25) is 0 Å². The SMILES string of the molecule is CCn1cc(S(C)(=O)=O)c(Br)n1. The van der Waals surface area contributed by atoms with Crippen LogP contribution >= 0.6 is 15.9 Å². The summed E-state index contributed by atoms with van der Waals surface area (Å²) in [5, 5.41) is 3.95. The predicted octanol–water partition coefficient (Wildman–Crippen LogP) is 1.07. The van der Waals surface area contributed by atoms with Crippen molar-refractivity contribution in [1.29, 1.82) is 0 Å². The minimum Gasteiger partial charge on any atom is -0.271 e. The van der Waals surface area contributed by atoms with Crippen LogP contribution in [0, 0.1) is 0 Å². The van der Waals surface area contributed by atoms with Gasteiger partial charge in [0.15, 0.2) is 9.84 Å². The monoisotopic (exact) mass is 252 g/mol. The summed E-state index contributed by atoms with van der Waals surface area (Å²) in [5.74, 6) is 0. The zero-order chi connectivity index (χ0) is 9.35. The van der Waals surface area contributed by atoms with Crippen molar-refractivity contribution < 1.29 is 8.42 Å². The van der Waals surface area contributed by atoms with Gasteiger partial charge in [-0.3, -0.25) is 4.68 Å². The Kier molecular flexibility index (Phi) is 2.58. The molecule has 0 aliphatic heterocycles. The van der Waals surface area contributed by atoms with Crippen LogP contribution in [0.25, 0.3) is 0 Å². The lowest BCUT2D eigenvalue weighted by atomic mass is 10.7. The van der Waals surface area contributed by atoms with Crippen LogP contribution in [0.5, 0.6) is 0 Å². The quantitative estimate of drug-likeness (QED) is 0.792. The van der Waals surface area contributed by atoms with Crippen molar-refractivity contribution in [2.75, 3.05) is 6.26 Å². The maximum Gasteiger partial charge on any atom is 0.179 e. The van der Waals surface area contributed by atoms with E-state index in [9.17, 15) is 8.42 Å². The second-order valence-electron chi connectivity index (χ2n) is 2.41. The molecule has 0 radical (unpaired) electrons. The lowest BCUT2D eigenvalue weighted by Gasteiger charge is -1.90. The maximum absolute atomic E-state index is 11.1. The summed E-state index contributed by atoms with van der Waals surface area (Å²) in [4.78, 5) is 0.240. The molecular formula is C6H9BrN2O2S. The lowest BCUT2D eigenvalue weighted by molar-refractivity contribution is 0.601. The van der Waals surface area contributed by atoms with E-state index < -0.39 is 9.84 Å². The van der Waals surface area contributed by atoms with Gasteiger partial charge in [-0.1, -0.05) is 0 Å². The van der Waals surface area contributed by atoms with Gasteiger partial charge in [-0.25, -0.2) is 8.42 Å². The largest absolute Gasteiger partial charge is 0.271 e. The van der Waals surface area contributed by atoms with Crippen LogP contribution in [-0.4, -0.2) is 24.5 Å². The summed E-state index contributed by atoms with van der Waals surface area (Å²) >= 11 is 3.08. The molecule has 68 valence electrons. The van der Waals surface area contributed by atoms with Crippen molar-refractivity contribution in [2.45, 2.75) is 18.4 Å². The number of hydrogen-bond donors (Lipinski definition) is 0. The molecule has 1 heterocycles. The molecule has 12 heavy (non-hydrogen) atoms. The summed E-state index contributed by atoms with van der Waals surface area (Å²) in [7, 11) is -3.15. The average molecular weight is 253 g/mol. The van der Waals surface area contributed by atoms with Crippen molar-refractivity contribution in [3.05, 3.63) is 10.8 Å². The molecule has 1 rings (SSSR count). The first kappa shape index (κ1) is 9.73. The number of hydrogen-bond acceptors (Lipinski definition) is 3. The molecule has 0 saturated carbocycles. The van der Waals surface area contributed by atoms with Gasteiger partial charge >= 0.3 is 0 Å². The van der Waals surface area contributed by atoms with Crippen molar-refractivity contribution in [1.82, 2.24) is 9.78 Å². The Morgan fingerprint density at radius 2 is 2.25 bits per heavy atom. The Bertz CT molecular complexity index is 382. The number of rotatable bonds is 2. The molecule has 0 aliphatic rings. The van der Waals surface area contributed by atoms with E-state index in [0.29, 0.717) is 11.1 Å². The Morgan fingerprint density at radius 3 is 2.50 bits per heavy atom. The molecule has 0 N–H and O–H groups in total. The molecule has 6 heteroatoms. The molecule has 0 fully saturated rings. The molecule has 4 nitrogen and oxygen atoms in total. The second kappa shape index (κ2) is 3.18. The zero-order valence-corrected chi connectivity index (χ0v) is 9.18. The van der Waals surface area contributed by atoms with Crippen LogP contribution in [0.4, 0.5) is 0 Å². The van der Waals surface area contributed by atoms with Gasteiger partial charge < -0.3 is 0 Å². The summed E-state index contributed by atoms with van der Waals surface area (Å²) in [6.07, 6.45) is 2.67. The molecule has 0 atom stereocenters. The fraction of sp³-hybridized carbons (Fsp3) is 0.500. The van der Waals surface area contributed by atoms with Gasteiger partial charge in [-0.05, 0) is 22.9 Å². The molecule has 1 aromatic heterocycles. The highest BCUT2D eigenvalue weighted by Crippen LogP contribution is 2.19. The van der Waals surface area contributed by atoms with E-state index in [-0.39, 0.29) is 4.90 Å². The number of sulfone groups is 1. The van der Waals surface area contributed by atoms with Crippen LogP contribution < -0.4 is 0 Å². The third-order valence-electron chi connectivity index (χ3n) is 1.41. The van der Waals surface area contributed by atoms with E-state index in [2.05, 4.69) is 21.0 Å². The van der Waals surface area contributed by atoms with E-state index >= 15 is 0 Å². The number of aromatic nitrogens is 2. The van der Waals surface area contributed by atoms with Crippen LogP contribution in [0.1, 0.15) is 6.92 Å². The van der Waals surface area contributed by atoms with E-state index in [0.717, 1.165) is 6.26 Å². The van der Waals surface area contributed by atoms with E-state index in [1.54, 1.807) is 4.68 Å². The average Bonchev–Trinajstić information content (AvgIpc) is 2.29. The van der Waals surface area contributed by atoms with Crippen LogP contribution in [-0.2, 0) is 16.4 Å². The first-order chi connectivity index (χ1) is 5.45. The Morgan fingerprint density at radius 1 is 1.67 bits per heavy atom. The van der Waals surface area contributed by atoms with Gasteiger partial charge in [-0.15, -0.1) is 0 Å². The smallest absolute Gasteiger partial charge is 0.179 e. The molecule has 0 amide bonds. The van der Waals surface area contributed by atoms with E-state index in [1.165, 1.54) is 6.20 Å². The van der Waals surface area contributed by atoms with Crippen LogP contribution in [0.2, 0.25) is 0 Å². The number of nitrogens with zero attached hydrogens (tertiary/aromatic N) is 2. The third-order valence-corrected chi connectivity index (χ3v) is 3.36. The highest BCUT2D eigenvalue weighted by Gasteiger charge is 2.15.